The van der Waals surface area contributed by atoms with E-state index in [2.05, 4.69) is 5.32 Å². The molecule has 0 saturated carbocycles. The number of amides is 3. The highest BCUT2D eigenvalue weighted by Crippen LogP contribution is 2.19. The van der Waals surface area contributed by atoms with E-state index >= 15 is 0 Å². The van der Waals surface area contributed by atoms with Crippen molar-refractivity contribution in [2.45, 2.75) is 39.2 Å². The van der Waals surface area contributed by atoms with Gasteiger partial charge in [-0.3, -0.25) is 24.5 Å². The Kier molecular flexibility index (Phi) is 4.63. The van der Waals surface area contributed by atoms with E-state index in [1.54, 1.807) is 20.8 Å². The third-order valence-electron chi connectivity index (χ3n) is 2.93. The molecule has 7 heteroatoms. The molecule has 1 heterocycles. The van der Waals surface area contributed by atoms with E-state index in [1.807, 2.05) is 0 Å². The van der Waals surface area contributed by atoms with Crippen LogP contribution in [-0.4, -0.2) is 47.3 Å². The smallest absolute Gasteiger partial charge is 0.306 e. The SMILES string of the molecule is CCOC(=O)CCC(=O)N1CC(=O)NC(=O)C1(C)C. The van der Waals surface area contributed by atoms with Crippen molar-refractivity contribution in [1.29, 1.82) is 0 Å². The summed E-state index contributed by atoms with van der Waals surface area (Å²) in [6.07, 6.45) is -0.141. The zero-order valence-electron chi connectivity index (χ0n) is 11.3. The van der Waals surface area contributed by atoms with Crippen LogP contribution in [0.1, 0.15) is 33.6 Å². The number of carbonyl (C=O) groups excluding carboxylic acids is 4. The van der Waals surface area contributed by atoms with Crippen molar-refractivity contribution in [2.75, 3.05) is 13.2 Å². The molecule has 1 fully saturated rings. The first-order valence-corrected chi connectivity index (χ1v) is 6.09. The molecule has 3 amide bonds. The van der Waals surface area contributed by atoms with Crippen LogP contribution in [0.15, 0.2) is 0 Å². The standard InChI is InChI=1S/C12H18N2O5/c1-4-19-10(17)6-5-9(16)14-7-8(15)13-11(18)12(14,2)3/h4-7H2,1-3H3,(H,13,15,18). The molecule has 0 spiro atoms. The van der Waals surface area contributed by atoms with Gasteiger partial charge < -0.3 is 9.64 Å². The second-order valence-electron chi connectivity index (χ2n) is 4.72. The van der Waals surface area contributed by atoms with Crippen LogP contribution in [0.2, 0.25) is 0 Å². The summed E-state index contributed by atoms with van der Waals surface area (Å²) in [5.74, 6) is -1.93. The van der Waals surface area contributed by atoms with E-state index in [0.29, 0.717) is 0 Å². The van der Waals surface area contributed by atoms with Crippen LogP contribution in [0.5, 0.6) is 0 Å². The summed E-state index contributed by atoms with van der Waals surface area (Å²) in [7, 11) is 0. The Morgan fingerprint density at radius 3 is 2.53 bits per heavy atom. The van der Waals surface area contributed by atoms with Crippen LogP contribution >= 0.6 is 0 Å². The molecule has 0 aromatic carbocycles. The molecule has 1 aliphatic heterocycles. The summed E-state index contributed by atoms with van der Waals surface area (Å²) in [4.78, 5) is 47.3. The molecule has 19 heavy (non-hydrogen) atoms. The lowest BCUT2D eigenvalue weighted by molar-refractivity contribution is -0.156. The minimum atomic E-state index is -1.10. The van der Waals surface area contributed by atoms with Gasteiger partial charge in [-0.05, 0) is 20.8 Å². The zero-order chi connectivity index (χ0) is 14.6. The van der Waals surface area contributed by atoms with Crippen molar-refractivity contribution in [1.82, 2.24) is 10.2 Å². The fraction of sp³-hybridized carbons (Fsp3) is 0.667. The van der Waals surface area contributed by atoms with Gasteiger partial charge in [-0.25, -0.2) is 0 Å². The minimum Gasteiger partial charge on any atom is -0.466 e. The van der Waals surface area contributed by atoms with Crippen LogP contribution in [0.4, 0.5) is 0 Å². The van der Waals surface area contributed by atoms with Gasteiger partial charge in [0.15, 0.2) is 0 Å². The molecule has 0 atom stereocenters. The maximum atomic E-state index is 12.0. The largest absolute Gasteiger partial charge is 0.466 e. The molecule has 1 aliphatic rings. The van der Waals surface area contributed by atoms with Crippen LogP contribution in [0, 0.1) is 0 Å². The second kappa shape index (κ2) is 5.81. The average molecular weight is 270 g/mol. The fourth-order valence-corrected chi connectivity index (χ4v) is 1.76. The second-order valence-corrected chi connectivity index (χ2v) is 4.72. The average Bonchev–Trinajstić information content (AvgIpc) is 2.31. The summed E-state index contributed by atoms with van der Waals surface area (Å²) in [5.41, 5.74) is -1.10. The summed E-state index contributed by atoms with van der Waals surface area (Å²) in [6, 6.07) is 0. The first-order chi connectivity index (χ1) is 8.78. The van der Waals surface area contributed by atoms with Gasteiger partial charge in [-0.15, -0.1) is 0 Å². The van der Waals surface area contributed by atoms with E-state index in [0.717, 1.165) is 0 Å². The summed E-state index contributed by atoms with van der Waals surface area (Å²) in [6.45, 7) is 4.86. The Morgan fingerprint density at radius 1 is 1.32 bits per heavy atom. The molecule has 1 saturated heterocycles. The molecule has 7 nitrogen and oxygen atoms in total. The van der Waals surface area contributed by atoms with Gasteiger partial charge in [0.2, 0.25) is 11.8 Å². The number of imide groups is 1. The summed E-state index contributed by atoms with van der Waals surface area (Å²) < 4.78 is 4.72. The number of piperazine rings is 1. The van der Waals surface area contributed by atoms with Gasteiger partial charge in [-0.1, -0.05) is 0 Å². The molecule has 1 rings (SSSR count). The quantitative estimate of drug-likeness (QED) is 0.554. The number of ether oxygens (including phenoxy) is 1. The first kappa shape index (κ1) is 15.1. The number of rotatable bonds is 4. The zero-order valence-corrected chi connectivity index (χ0v) is 11.3. The van der Waals surface area contributed by atoms with Crippen molar-refractivity contribution in [3.8, 4) is 0 Å². The van der Waals surface area contributed by atoms with Gasteiger partial charge >= 0.3 is 5.97 Å². The maximum absolute atomic E-state index is 12.0. The predicted octanol–water partition coefficient (Wildman–Crippen LogP) is -0.407. The molecule has 0 unspecified atom stereocenters. The molecule has 106 valence electrons. The first-order valence-electron chi connectivity index (χ1n) is 6.09. The highest BCUT2D eigenvalue weighted by atomic mass is 16.5. The van der Waals surface area contributed by atoms with Gasteiger partial charge in [0.05, 0.1) is 13.0 Å². The molecular formula is C12H18N2O5. The Morgan fingerprint density at radius 2 is 1.95 bits per heavy atom. The number of nitrogens with one attached hydrogen (secondary N) is 1. The Balaban J connectivity index is 2.66. The normalized spacial score (nSPS) is 17.9. The van der Waals surface area contributed by atoms with E-state index in [4.69, 9.17) is 4.74 Å². The van der Waals surface area contributed by atoms with E-state index in [-0.39, 0.29) is 26.0 Å². The topological polar surface area (TPSA) is 92.8 Å². The monoisotopic (exact) mass is 270 g/mol. The lowest BCUT2D eigenvalue weighted by Crippen LogP contribution is -2.65. The Bertz CT molecular complexity index is 416. The highest BCUT2D eigenvalue weighted by Gasteiger charge is 2.43. The highest BCUT2D eigenvalue weighted by molar-refractivity contribution is 6.06. The van der Waals surface area contributed by atoms with E-state index in [1.165, 1.54) is 4.90 Å². The molecule has 0 aromatic heterocycles. The molecule has 1 N–H and O–H groups in total. The Hall–Kier alpha value is -1.92. The van der Waals surface area contributed by atoms with Gasteiger partial charge in [0.1, 0.15) is 12.1 Å². The van der Waals surface area contributed by atoms with Gasteiger partial charge in [-0.2, -0.15) is 0 Å². The number of carbonyl (C=O) groups is 4. The molecule has 0 bridgehead atoms. The molecular weight excluding hydrogens is 252 g/mol. The van der Waals surface area contributed by atoms with Crippen molar-refractivity contribution >= 4 is 23.7 Å². The molecule has 0 aliphatic carbocycles. The lowest BCUT2D eigenvalue weighted by Gasteiger charge is -2.40. The molecule has 0 aromatic rings. The number of hydrogen-bond donors (Lipinski definition) is 1. The van der Waals surface area contributed by atoms with Crippen LogP contribution in [0.25, 0.3) is 0 Å². The van der Waals surface area contributed by atoms with E-state index < -0.39 is 29.2 Å². The van der Waals surface area contributed by atoms with E-state index in [9.17, 15) is 19.2 Å². The van der Waals surface area contributed by atoms with Crippen molar-refractivity contribution in [3.05, 3.63) is 0 Å². The predicted molar refractivity (Wildman–Crippen MR) is 64.8 cm³/mol. The summed E-state index contributed by atoms with van der Waals surface area (Å²) >= 11 is 0. The van der Waals surface area contributed by atoms with Crippen LogP contribution in [0.3, 0.4) is 0 Å². The summed E-state index contributed by atoms with van der Waals surface area (Å²) in [5, 5.41) is 2.18. The molecule has 0 radical (unpaired) electrons. The third kappa shape index (κ3) is 3.52. The fourth-order valence-electron chi connectivity index (χ4n) is 1.76. The maximum Gasteiger partial charge on any atom is 0.306 e. The van der Waals surface area contributed by atoms with Crippen molar-refractivity contribution in [3.63, 3.8) is 0 Å². The Labute approximate surface area is 111 Å². The van der Waals surface area contributed by atoms with Crippen LogP contribution in [-0.2, 0) is 23.9 Å². The lowest BCUT2D eigenvalue weighted by atomic mass is 9.98. The number of nitrogens with zero attached hydrogens (tertiary/aromatic N) is 1. The number of esters is 1. The third-order valence-corrected chi connectivity index (χ3v) is 2.93. The van der Waals surface area contributed by atoms with Crippen molar-refractivity contribution in [2.24, 2.45) is 0 Å². The number of hydrogen-bond acceptors (Lipinski definition) is 5. The minimum absolute atomic E-state index is 0.0605. The van der Waals surface area contributed by atoms with Crippen molar-refractivity contribution < 1.29 is 23.9 Å². The van der Waals surface area contributed by atoms with Gasteiger partial charge in [0.25, 0.3) is 5.91 Å². The van der Waals surface area contributed by atoms with Crippen LogP contribution < -0.4 is 5.32 Å². The van der Waals surface area contributed by atoms with Gasteiger partial charge in [0, 0.05) is 6.42 Å².